The lowest BCUT2D eigenvalue weighted by Crippen LogP contribution is -3.00. The van der Waals surface area contributed by atoms with E-state index in [9.17, 15) is 10.0 Å². The van der Waals surface area contributed by atoms with Crippen LogP contribution in [0.15, 0.2) is 29.6 Å². The largest absolute Gasteiger partial charge is 1.00 e. The Morgan fingerprint density at radius 3 is 2.73 bits per heavy atom. The Balaban J connectivity index is 0.00000121. The number of hydrogen-bond donors (Lipinski definition) is 1. The van der Waals surface area contributed by atoms with Crippen LogP contribution in [-0.2, 0) is 11.3 Å². The number of aromatic hydroxyl groups is 1. The third-order valence-electron chi connectivity index (χ3n) is 3.52. The van der Waals surface area contributed by atoms with Crippen molar-refractivity contribution in [2.75, 3.05) is 26.3 Å². The quantitative estimate of drug-likeness (QED) is 0.578. The number of ether oxygens (including phenoxy) is 1. The van der Waals surface area contributed by atoms with E-state index in [-0.39, 0.29) is 30.6 Å². The van der Waals surface area contributed by atoms with Crippen LogP contribution in [0.5, 0.6) is 5.75 Å². The third kappa shape index (κ3) is 3.64. The molecule has 0 spiro atoms. The summed E-state index contributed by atoms with van der Waals surface area (Å²) in [6.07, 6.45) is 1.59. The second-order valence-electron chi connectivity index (χ2n) is 4.78. The molecule has 1 aromatic carbocycles. The molecule has 1 fully saturated rings. The molecule has 0 unspecified atom stereocenters. The Bertz CT molecular complexity index is 649. The normalized spacial score (nSPS) is 14.9. The number of pyridine rings is 1. The zero-order valence-corrected chi connectivity index (χ0v) is 13.2. The second-order valence-corrected chi connectivity index (χ2v) is 4.78. The highest BCUT2D eigenvalue weighted by Gasteiger charge is 2.17. The Kier molecular flexibility index (Phi) is 6.96. The van der Waals surface area contributed by atoms with E-state index in [2.05, 4.69) is 15.1 Å². The number of halogens is 2. The fourth-order valence-corrected chi connectivity index (χ4v) is 2.46. The van der Waals surface area contributed by atoms with E-state index in [1.165, 1.54) is 0 Å². The fraction of sp³-hybridized carbons (Fsp3) is 0.357. The van der Waals surface area contributed by atoms with E-state index in [0.717, 1.165) is 13.1 Å². The van der Waals surface area contributed by atoms with Gasteiger partial charge in [0.2, 0.25) is 0 Å². The van der Waals surface area contributed by atoms with Gasteiger partial charge in [-0.2, -0.15) is 0 Å². The van der Waals surface area contributed by atoms with Crippen molar-refractivity contribution in [2.45, 2.75) is 6.54 Å². The zero-order chi connectivity index (χ0) is 13.9. The molecule has 0 bridgehead atoms. The molecule has 22 heavy (non-hydrogen) atoms. The third-order valence-corrected chi connectivity index (χ3v) is 3.52. The Morgan fingerprint density at radius 2 is 2.05 bits per heavy atom. The molecule has 0 atom stereocenters. The molecular formula is C14H15Cl2N3O3-2. The molecular weight excluding hydrogens is 329 g/mol. The van der Waals surface area contributed by atoms with Gasteiger partial charge in [-0.25, -0.2) is 0 Å². The first-order chi connectivity index (χ1) is 9.79. The molecule has 1 saturated heterocycles. The lowest BCUT2D eigenvalue weighted by atomic mass is 10.1. The summed E-state index contributed by atoms with van der Waals surface area (Å²) in [5, 5.41) is 14.0. The predicted octanol–water partition coefficient (Wildman–Crippen LogP) is -3.82. The molecule has 8 heteroatoms. The maximum atomic E-state index is 11.0. The van der Waals surface area contributed by atoms with Crippen LogP contribution in [0.4, 0.5) is 5.69 Å². The summed E-state index contributed by atoms with van der Waals surface area (Å²) >= 11 is 0. The van der Waals surface area contributed by atoms with Crippen LogP contribution in [0, 0.1) is 4.91 Å². The summed E-state index contributed by atoms with van der Waals surface area (Å²) in [5.74, 6) is 0.125. The predicted molar refractivity (Wildman–Crippen MR) is 75.0 cm³/mol. The summed E-state index contributed by atoms with van der Waals surface area (Å²) in [4.78, 5) is 17.3. The van der Waals surface area contributed by atoms with Crippen molar-refractivity contribution >= 4 is 16.6 Å². The van der Waals surface area contributed by atoms with E-state index < -0.39 is 0 Å². The zero-order valence-electron chi connectivity index (χ0n) is 11.7. The van der Waals surface area contributed by atoms with Gasteiger partial charge < -0.3 is 34.7 Å². The highest BCUT2D eigenvalue weighted by atomic mass is 35.5. The minimum absolute atomic E-state index is 0. The molecule has 6 nitrogen and oxygen atoms in total. The number of aromatic nitrogens is 1. The molecule has 1 aliphatic rings. The first-order valence-electron chi connectivity index (χ1n) is 6.52. The number of morpholine rings is 1. The van der Waals surface area contributed by atoms with Gasteiger partial charge in [0, 0.05) is 36.8 Å². The van der Waals surface area contributed by atoms with Crippen molar-refractivity contribution < 1.29 is 34.7 Å². The molecule has 3 rings (SSSR count). The summed E-state index contributed by atoms with van der Waals surface area (Å²) in [7, 11) is 0. The standard InChI is InChI=1S/C14H15N3O3.2ClH/c18-14-10(9-17-4-6-20-7-5-17)8-12(16-19)11-2-1-3-15-13(11)14;;/h1-3,8,18H,4-7,9H2;2*1H/p-2. The van der Waals surface area contributed by atoms with Crippen LogP contribution in [0.3, 0.4) is 0 Å². The van der Waals surface area contributed by atoms with E-state index in [0.29, 0.717) is 41.9 Å². The van der Waals surface area contributed by atoms with Gasteiger partial charge in [-0.05, 0) is 23.4 Å². The Labute approximate surface area is 140 Å². The molecule has 0 amide bonds. The maximum absolute atomic E-state index is 11.0. The smallest absolute Gasteiger partial charge is 0.146 e. The monoisotopic (exact) mass is 343 g/mol. The lowest BCUT2D eigenvalue weighted by molar-refractivity contribution is -0.001000. The van der Waals surface area contributed by atoms with Crippen LogP contribution in [0.1, 0.15) is 5.56 Å². The van der Waals surface area contributed by atoms with Gasteiger partial charge in [0.1, 0.15) is 17.0 Å². The van der Waals surface area contributed by atoms with Gasteiger partial charge in [0.25, 0.3) is 0 Å². The molecule has 0 radical (unpaired) electrons. The van der Waals surface area contributed by atoms with E-state index >= 15 is 0 Å². The second kappa shape index (κ2) is 8.24. The van der Waals surface area contributed by atoms with Crippen molar-refractivity contribution in [1.29, 1.82) is 0 Å². The van der Waals surface area contributed by atoms with E-state index in [1.54, 1.807) is 24.4 Å². The van der Waals surface area contributed by atoms with Gasteiger partial charge in [0.15, 0.2) is 0 Å². The average Bonchev–Trinajstić information content (AvgIpc) is 2.51. The average molecular weight is 344 g/mol. The molecule has 0 aliphatic carbocycles. The number of phenolic OH excluding ortho intramolecular Hbond substituents is 1. The first-order valence-corrected chi connectivity index (χ1v) is 6.52. The number of nitrogens with zero attached hydrogens (tertiary/aromatic N) is 3. The number of hydrogen-bond acceptors (Lipinski definition) is 6. The number of rotatable bonds is 3. The van der Waals surface area contributed by atoms with Crippen molar-refractivity contribution in [3.05, 3.63) is 34.9 Å². The van der Waals surface area contributed by atoms with Gasteiger partial charge in [0.05, 0.1) is 13.2 Å². The minimum Gasteiger partial charge on any atom is -1.00 e. The number of benzene rings is 1. The van der Waals surface area contributed by atoms with Crippen molar-refractivity contribution in [3.8, 4) is 5.75 Å². The van der Waals surface area contributed by atoms with Crippen LogP contribution < -0.4 is 24.8 Å². The van der Waals surface area contributed by atoms with Gasteiger partial charge in [-0.1, -0.05) is 0 Å². The van der Waals surface area contributed by atoms with E-state index in [1.807, 2.05) is 0 Å². The number of phenols is 1. The Morgan fingerprint density at radius 1 is 1.32 bits per heavy atom. The molecule has 0 saturated carbocycles. The molecule has 120 valence electrons. The number of nitroso groups, excluding NO2 is 1. The van der Waals surface area contributed by atoms with Crippen LogP contribution in [0.25, 0.3) is 10.9 Å². The minimum atomic E-state index is 0. The van der Waals surface area contributed by atoms with Gasteiger partial charge in [-0.15, -0.1) is 4.91 Å². The first kappa shape index (κ1) is 18.6. The van der Waals surface area contributed by atoms with Crippen LogP contribution >= 0.6 is 0 Å². The van der Waals surface area contributed by atoms with Gasteiger partial charge >= 0.3 is 0 Å². The lowest BCUT2D eigenvalue weighted by Gasteiger charge is -2.27. The summed E-state index contributed by atoms with van der Waals surface area (Å²) < 4.78 is 5.30. The molecule has 2 heterocycles. The van der Waals surface area contributed by atoms with Crippen molar-refractivity contribution in [1.82, 2.24) is 9.88 Å². The summed E-state index contributed by atoms with van der Waals surface area (Å²) in [5.41, 5.74) is 1.41. The van der Waals surface area contributed by atoms with Gasteiger partial charge in [-0.3, -0.25) is 9.88 Å². The highest BCUT2D eigenvalue weighted by molar-refractivity contribution is 5.94. The van der Waals surface area contributed by atoms with Crippen LogP contribution in [-0.4, -0.2) is 41.3 Å². The fourth-order valence-electron chi connectivity index (χ4n) is 2.46. The number of fused-ring (bicyclic) bond motifs is 1. The maximum Gasteiger partial charge on any atom is 0.146 e. The summed E-state index contributed by atoms with van der Waals surface area (Å²) in [6.45, 7) is 3.55. The van der Waals surface area contributed by atoms with Crippen molar-refractivity contribution in [2.24, 2.45) is 5.18 Å². The highest BCUT2D eigenvalue weighted by Crippen LogP contribution is 2.35. The molecule has 1 N–H and O–H groups in total. The summed E-state index contributed by atoms with van der Waals surface area (Å²) in [6, 6.07) is 5.09. The molecule has 2 aromatic rings. The Hall–Kier alpha value is -1.47. The molecule has 1 aromatic heterocycles. The molecule has 1 aliphatic heterocycles. The topological polar surface area (TPSA) is 75.0 Å². The van der Waals surface area contributed by atoms with Crippen molar-refractivity contribution in [3.63, 3.8) is 0 Å². The van der Waals surface area contributed by atoms with E-state index in [4.69, 9.17) is 4.74 Å². The SMILES string of the molecule is O=Nc1cc(CN2CCOCC2)c(O)c2ncccc12.[Cl-].[Cl-]. The van der Waals surface area contributed by atoms with Crippen LogP contribution in [0.2, 0.25) is 0 Å².